The predicted octanol–water partition coefficient (Wildman–Crippen LogP) is 5.42. The lowest BCUT2D eigenvalue weighted by Gasteiger charge is -2.15. The summed E-state index contributed by atoms with van der Waals surface area (Å²) in [7, 11) is -1.06. The van der Waals surface area contributed by atoms with Crippen molar-refractivity contribution in [2.24, 2.45) is 0 Å². The molecule has 0 aliphatic rings. The SMILES string of the molecule is C[Si](C)(C)CCOCn1cc(I)c2c(Cl)cc(Cl)nc21.N. The molecule has 0 radical (unpaired) electrons. The lowest BCUT2D eigenvalue weighted by atomic mass is 10.3. The molecule has 0 aliphatic carbocycles. The van der Waals surface area contributed by atoms with E-state index in [2.05, 4.69) is 47.2 Å². The van der Waals surface area contributed by atoms with E-state index >= 15 is 0 Å². The summed E-state index contributed by atoms with van der Waals surface area (Å²) < 4.78 is 8.78. The summed E-state index contributed by atoms with van der Waals surface area (Å²) in [6.07, 6.45) is 1.99. The molecule has 0 bridgehead atoms. The van der Waals surface area contributed by atoms with Crippen LogP contribution in [0.3, 0.4) is 0 Å². The summed E-state index contributed by atoms with van der Waals surface area (Å²) in [4.78, 5) is 4.35. The fraction of sp³-hybridized carbons (Fsp3) is 0.462. The van der Waals surface area contributed by atoms with Gasteiger partial charge in [0.15, 0.2) is 0 Å². The number of aromatic nitrogens is 2. The fourth-order valence-electron chi connectivity index (χ4n) is 1.80. The second-order valence-electron chi connectivity index (χ2n) is 5.92. The molecule has 118 valence electrons. The zero-order chi connectivity index (χ0) is 14.9. The molecule has 0 atom stereocenters. The van der Waals surface area contributed by atoms with Crippen LogP contribution in [0.4, 0.5) is 0 Å². The van der Waals surface area contributed by atoms with Crippen LogP contribution in [0.1, 0.15) is 0 Å². The van der Waals surface area contributed by atoms with Crippen molar-refractivity contribution in [3.05, 3.63) is 26.0 Å². The Balaban J connectivity index is 0.00000220. The van der Waals surface area contributed by atoms with Gasteiger partial charge >= 0.3 is 0 Å². The van der Waals surface area contributed by atoms with E-state index in [-0.39, 0.29) is 6.15 Å². The first-order chi connectivity index (χ1) is 9.28. The smallest absolute Gasteiger partial charge is 0.146 e. The molecule has 8 heteroatoms. The van der Waals surface area contributed by atoms with Crippen LogP contribution in [0.15, 0.2) is 12.3 Å². The normalized spacial score (nSPS) is 11.7. The average molecular weight is 460 g/mol. The molecule has 0 fully saturated rings. The fourth-order valence-corrected chi connectivity index (χ4v) is 4.12. The lowest BCUT2D eigenvalue weighted by molar-refractivity contribution is 0.0898. The monoisotopic (exact) mass is 459 g/mol. The number of rotatable bonds is 5. The Morgan fingerprint density at radius 2 is 2.00 bits per heavy atom. The molecule has 21 heavy (non-hydrogen) atoms. The Kier molecular flexibility index (Phi) is 6.95. The second-order valence-corrected chi connectivity index (χ2v) is 13.5. The third-order valence-electron chi connectivity index (χ3n) is 2.93. The highest BCUT2D eigenvalue weighted by Gasteiger charge is 2.14. The first kappa shape index (κ1) is 19.2. The molecule has 3 N–H and O–H groups in total. The van der Waals surface area contributed by atoms with Crippen LogP contribution in [0.5, 0.6) is 0 Å². The number of fused-ring (bicyclic) bond motifs is 1. The van der Waals surface area contributed by atoms with Gasteiger partial charge in [-0.25, -0.2) is 4.98 Å². The Morgan fingerprint density at radius 1 is 1.33 bits per heavy atom. The summed E-state index contributed by atoms with van der Waals surface area (Å²) >= 11 is 14.5. The molecule has 2 rings (SSSR count). The molecule has 0 amide bonds. The first-order valence-electron chi connectivity index (χ1n) is 6.36. The standard InChI is InChI=1S/C13H17Cl2IN2OSi.H3N/c1-20(2,3)5-4-19-8-18-7-10(16)12-9(14)6-11(15)17-13(12)18;/h6-7H,4-5,8H2,1-3H3;1H3. The maximum atomic E-state index is 6.22. The van der Waals surface area contributed by atoms with Gasteiger partial charge in [0.25, 0.3) is 0 Å². The lowest BCUT2D eigenvalue weighted by Crippen LogP contribution is -2.22. The molecule has 0 saturated carbocycles. The number of hydrogen-bond donors (Lipinski definition) is 1. The number of hydrogen-bond acceptors (Lipinski definition) is 3. The molecule has 2 aromatic heterocycles. The van der Waals surface area contributed by atoms with Crippen LogP contribution in [0, 0.1) is 3.57 Å². The minimum absolute atomic E-state index is 0. The highest BCUT2D eigenvalue weighted by Crippen LogP contribution is 2.30. The molecule has 0 aliphatic heterocycles. The van der Waals surface area contributed by atoms with Gasteiger partial charge < -0.3 is 15.5 Å². The maximum absolute atomic E-state index is 6.22. The van der Waals surface area contributed by atoms with Crippen LogP contribution in [0.2, 0.25) is 35.9 Å². The molecule has 0 aromatic carbocycles. The van der Waals surface area contributed by atoms with Crippen molar-refractivity contribution in [3.8, 4) is 0 Å². The Hall–Kier alpha value is 0.137. The van der Waals surface area contributed by atoms with E-state index in [0.717, 1.165) is 27.3 Å². The van der Waals surface area contributed by atoms with Crippen molar-refractivity contribution in [2.45, 2.75) is 32.4 Å². The van der Waals surface area contributed by atoms with Crippen LogP contribution < -0.4 is 6.15 Å². The molecular formula is C13H20Cl2IN3OSi. The van der Waals surface area contributed by atoms with E-state index in [4.69, 9.17) is 27.9 Å². The third-order valence-corrected chi connectivity index (χ3v) is 5.94. The van der Waals surface area contributed by atoms with Gasteiger partial charge in [-0.1, -0.05) is 42.8 Å². The number of halogens is 3. The van der Waals surface area contributed by atoms with Crippen molar-refractivity contribution in [2.75, 3.05) is 6.61 Å². The van der Waals surface area contributed by atoms with Gasteiger partial charge in [-0.3, -0.25) is 0 Å². The van der Waals surface area contributed by atoms with Crippen molar-refractivity contribution in [3.63, 3.8) is 0 Å². The third kappa shape index (κ3) is 5.07. The molecule has 2 heterocycles. The Bertz CT molecular complexity index is 628. The van der Waals surface area contributed by atoms with Crippen molar-refractivity contribution in [1.82, 2.24) is 15.7 Å². The van der Waals surface area contributed by atoms with Crippen molar-refractivity contribution < 1.29 is 4.74 Å². The topological polar surface area (TPSA) is 62.0 Å². The molecule has 4 nitrogen and oxygen atoms in total. The van der Waals surface area contributed by atoms with Crippen LogP contribution >= 0.6 is 45.8 Å². The van der Waals surface area contributed by atoms with E-state index in [1.807, 2.05) is 10.8 Å². The highest BCUT2D eigenvalue weighted by atomic mass is 127. The van der Waals surface area contributed by atoms with Gasteiger partial charge in [-0.2, -0.15) is 0 Å². The van der Waals surface area contributed by atoms with Gasteiger partial charge in [0.2, 0.25) is 0 Å². The van der Waals surface area contributed by atoms with Crippen LogP contribution in [-0.2, 0) is 11.5 Å². The minimum Gasteiger partial charge on any atom is -0.361 e. The highest BCUT2D eigenvalue weighted by molar-refractivity contribution is 14.1. The second kappa shape index (κ2) is 7.61. The largest absolute Gasteiger partial charge is 0.361 e. The number of pyridine rings is 1. The summed E-state index contributed by atoms with van der Waals surface area (Å²) in [5.74, 6) is 0. The Labute approximate surface area is 149 Å². The molecule has 0 saturated heterocycles. The van der Waals surface area contributed by atoms with Gasteiger partial charge in [0, 0.05) is 24.4 Å². The van der Waals surface area contributed by atoms with E-state index in [1.165, 1.54) is 0 Å². The first-order valence-corrected chi connectivity index (χ1v) is 11.9. The predicted molar refractivity (Wildman–Crippen MR) is 102 cm³/mol. The summed E-state index contributed by atoms with van der Waals surface area (Å²) in [6.45, 7) is 8.27. The van der Waals surface area contributed by atoms with Gasteiger partial charge in [0.1, 0.15) is 17.5 Å². The summed E-state index contributed by atoms with van der Waals surface area (Å²) in [6, 6.07) is 2.82. The van der Waals surface area contributed by atoms with Crippen molar-refractivity contribution >= 4 is 64.9 Å². The van der Waals surface area contributed by atoms with E-state index < -0.39 is 8.07 Å². The van der Waals surface area contributed by atoms with E-state index in [1.54, 1.807) is 6.07 Å². The molecule has 2 aromatic rings. The van der Waals surface area contributed by atoms with E-state index in [0.29, 0.717) is 16.9 Å². The summed E-state index contributed by atoms with van der Waals surface area (Å²) in [5, 5.41) is 1.97. The number of ether oxygens (including phenoxy) is 1. The van der Waals surface area contributed by atoms with Crippen molar-refractivity contribution in [1.29, 1.82) is 0 Å². The Morgan fingerprint density at radius 3 is 2.62 bits per heavy atom. The van der Waals surface area contributed by atoms with Gasteiger partial charge in [0.05, 0.1) is 10.4 Å². The van der Waals surface area contributed by atoms with E-state index in [9.17, 15) is 0 Å². The van der Waals surface area contributed by atoms with Gasteiger partial charge in [-0.05, 0) is 34.7 Å². The van der Waals surface area contributed by atoms with Crippen LogP contribution in [-0.4, -0.2) is 24.2 Å². The summed E-state index contributed by atoms with van der Waals surface area (Å²) in [5.41, 5.74) is 0.778. The average Bonchev–Trinajstić information content (AvgIpc) is 2.60. The molecule has 0 unspecified atom stereocenters. The molecule has 0 spiro atoms. The zero-order valence-electron chi connectivity index (χ0n) is 12.4. The molecular weight excluding hydrogens is 440 g/mol. The maximum Gasteiger partial charge on any atom is 0.146 e. The van der Waals surface area contributed by atoms with Gasteiger partial charge in [-0.15, -0.1) is 0 Å². The quantitative estimate of drug-likeness (QED) is 0.281. The number of nitrogens with zero attached hydrogens (tertiary/aromatic N) is 2. The minimum atomic E-state index is -1.06. The zero-order valence-corrected chi connectivity index (χ0v) is 17.1. The van der Waals surface area contributed by atoms with Crippen LogP contribution in [0.25, 0.3) is 11.0 Å².